The number of hydrogen-bond donors (Lipinski definition) is 1. The number of carbonyl (C=O) groups is 1. The Balaban J connectivity index is 1.35. The Morgan fingerprint density at radius 2 is 2.04 bits per heavy atom. The van der Waals surface area contributed by atoms with Gasteiger partial charge in [0.15, 0.2) is 0 Å². The second-order valence-electron chi connectivity index (χ2n) is 6.77. The van der Waals surface area contributed by atoms with E-state index in [-0.39, 0.29) is 12.0 Å². The average Bonchev–Trinajstić information content (AvgIpc) is 2.74. The molecule has 2 aromatic carbocycles. The van der Waals surface area contributed by atoms with Crippen molar-refractivity contribution in [3.63, 3.8) is 0 Å². The van der Waals surface area contributed by atoms with Crippen LogP contribution >= 0.6 is 0 Å². The molecule has 0 spiro atoms. The molecule has 1 heterocycles. The minimum atomic E-state index is -0.0515. The molecule has 1 N–H and O–H groups in total. The summed E-state index contributed by atoms with van der Waals surface area (Å²) in [6, 6.07) is 17.6. The smallest absolute Gasteiger partial charge is 0.251 e. The highest BCUT2D eigenvalue weighted by Gasteiger charge is 2.21. The van der Waals surface area contributed by atoms with Crippen LogP contribution in [-0.2, 0) is 4.74 Å². The fraction of sp³-hybridized carbons (Fsp3) is 0.409. The summed E-state index contributed by atoms with van der Waals surface area (Å²) < 4.78 is 11.1. The van der Waals surface area contributed by atoms with Gasteiger partial charge in [-0.1, -0.05) is 36.4 Å². The first-order valence-electron chi connectivity index (χ1n) is 9.57. The van der Waals surface area contributed by atoms with Gasteiger partial charge in [0.25, 0.3) is 5.91 Å². The van der Waals surface area contributed by atoms with Crippen molar-refractivity contribution in [3.8, 4) is 5.75 Å². The van der Waals surface area contributed by atoms with Crippen molar-refractivity contribution in [2.45, 2.75) is 18.9 Å². The summed E-state index contributed by atoms with van der Waals surface area (Å²) in [5, 5.41) is 2.98. The first-order valence-corrected chi connectivity index (χ1v) is 9.57. The van der Waals surface area contributed by atoms with Crippen LogP contribution in [0.4, 0.5) is 0 Å². The number of methoxy groups -OCH3 is 1. The number of carbonyl (C=O) groups excluding carboxylic acids is 1. The molecular weight excluding hydrogens is 340 g/mol. The van der Waals surface area contributed by atoms with Gasteiger partial charge in [-0.25, -0.2) is 0 Å². The van der Waals surface area contributed by atoms with Crippen LogP contribution in [0.1, 0.15) is 34.9 Å². The van der Waals surface area contributed by atoms with Crippen molar-refractivity contribution >= 4 is 5.91 Å². The van der Waals surface area contributed by atoms with E-state index in [0.717, 1.165) is 39.1 Å². The monoisotopic (exact) mass is 368 g/mol. The van der Waals surface area contributed by atoms with Gasteiger partial charge in [0.1, 0.15) is 5.75 Å². The Kier molecular flexibility index (Phi) is 7.25. The van der Waals surface area contributed by atoms with Crippen molar-refractivity contribution < 1.29 is 14.3 Å². The van der Waals surface area contributed by atoms with Crippen LogP contribution in [-0.4, -0.2) is 50.7 Å². The Hall–Kier alpha value is -2.37. The molecule has 0 aliphatic carbocycles. The third-order valence-electron chi connectivity index (χ3n) is 4.84. The number of nitrogens with zero attached hydrogens (tertiary/aromatic N) is 1. The molecule has 0 aromatic heterocycles. The Morgan fingerprint density at radius 1 is 1.19 bits per heavy atom. The van der Waals surface area contributed by atoms with Crippen molar-refractivity contribution in [2.75, 3.05) is 39.9 Å². The number of morpholine rings is 1. The molecule has 5 nitrogen and oxygen atoms in total. The molecule has 5 heteroatoms. The lowest BCUT2D eigenvalue weighted by Gasteiger charge is -2.33. The van der Waals surface area contributed by atoms with Gasteiger partial charge < -0.3 is 14.8 Å². The fourth-order valence-electron chi connectivity index (χ4n) is 3.30. The zero-order valence-electron chi connectivity index (χ0n) is 15.9. The SMILES string of the molecule is COc1cccc(C(=O)NCCCCN2CCOC(c3ccccc3)C2)c1. The second-order valence-corrected chi connectivity index (χ2v) is 6.77. The van der Waals surface area contributed by atoms with E-state index < -0.39 is 0 Å². The van der Waals surface area contributed by atoms with Gasteiger partial charge in [0, 0.05) is 25.2 Å². The van der Waals surface area contributed by atoms with E-state index in [9.17, 15) is 4.79 Å². The van der Waals surface area contributed by atoms with E-state index in [4.69, 9.17) is 9.47 Å². The maximum Gasteiger partial charge on any atom is 0.251 e. The highest BCUT2D eigenvalue weighted by molar-refractivity contribution is 5.94. The van der Waals surface area contributed by atoms with Crippen LogP contribution in [0.25, 0.3) is 0 Å². The highest BCUT2D eigenvalue weighted by Crippen LogP contribution is 2.22. The van der Waals surface area contributed by atoms with Crippen molar-refractivity contribution in [3.05, 3.63) is 65.7 Å². The molecule has 1 fully saturated rings. The molecule has 1 aliphatic heterocycles. The van der Waals surface area contributed by atoms with E-state index in [1.807, 2.05) is 18.2 Å². The van der Waals surface area contributed by atoms with E-state index in [0.29, 0.717) is 17.9 Å². The minimum absolute atomic E-state index is 0.0515. The molecule has 0 saturated carbocycles. The summed E-state index contributed by atoms with van der Waals surface area (Å²) in [6.45, 7) is 4.38. The van der Waals surface area contributed by atoms with Gasteiger partial charge >= 0.3 is 0 Å². The normalized spacial score (nSPS) is 17.4. The lowest BCUT2D eigenvalue weighted by molar-refractivity contribution is -0.0303. The minimum Gasteiger partial charge on any atom is -0.497 e. The molecule has 1 unspecified atom stereocenters. The van der Waals surface area contributed by atoms with E-state index in [1.54, 1.807) is 19.2 Å². The Morgan fingerprint density at radius 3 is 2.85 bits per heavy atom. The molecule has 2 aromatic rings. The van der Waals surface area contributed by atoms with Crippen molar-refractivity contribution in [1.29, 1.82) is 0 Å². The average molecular weight is 368 g/mol. The number of hydrogen-bond acceptors (Lipinski definition) is 4. The largest absolute Gasteiger partial charge is 0.497 e. The van der Waals surface area contributed by atoms with Crippen molar-refractivity contribution in [2.24, 2.45) is 0 Å². The fourth-order valence-corrected chi connectivity index (χ4v) is 3.30. The molecule has 0 bridgehead atoms. The first-order chi connectivity index (χ1) is 13.3. The van der Waals surface area contributed by atoms with Gasteiger partial charge in [-0.3, -0.25) is 9.69 Å². The lowest BCUT2D eigenvalue weighted by Crippen LogP contribution is -2.39. The van der Waals surface area contributed by atoms with Gasteiger partial charge in [-0.05, 0) is 43.1 Å². The van der Waals surface area contributed by atoms with Crippen molar-refractivity contribution in [1.82, 2.24) is 10.2 Å². The quantitative estimate of drug-likeness (QED) is 0.727. The number of benzene rings is 2. The molecule has 1 amide bonds. The zero-order valence-corrected chi connectivity index (χ0v) is 15.9. The molecule has 1 atom stereocenters. The third-order valence-corrected chi connectivity index (χ3v) is 4.84. The number of ether oxygens (including phenoxy) is 2. The number of unbranched alkanes of at least 4 members (excludes halogenated alkanes) is 1. The number of amides is 1. The summed E-state index contributed by atoms with van der Waals surface area (Å²) in [5.74, 6) is 0.646. The highest BCUT2D eigenvalue weighted by atomic mass is 16.5. The van der Waals surface area contributed by atoms with Gasteiger partial charge in [-0.15, -0.1) is 0 Å². The Labute approximate surface area is 161 Å². The molecular formula is C22H28N2O3. The zero-order chi connectivity index (χ0) is 18.9. The van der Waals surface area contributed by atoms with Crippen LogP contribution in [0.15, 0.2) is 54.6 Å². The molecule has 1 saturated heterocycles. The summed E-state index contributed by atoms with van der Waals surface area (Å²) >= 11 is 0. The van der Waals surface area contributed by atoms with Gasteiger partial charge in [0.2, 0.25) is 0 Å². The number of rotatable bonds is 8. The van der Waals surface area contributed by atoms with Crippen LogP contribution in [0.2, 0.25) is 0 Å². The van der Waals surface area contributed by atoms with Gasteiger partial charge in [-0.2, -0.15) is 0 Å². The first kappa shape index (κ1) is 19.4. The lowest BCUT2D eigenvalue weighted by atomic mass is 10.1. The van der Waals surface area contributed by atoms with Crippen LogP contribution in [0.3, 0.4) is 0 Å². The standard InChI is InChI=1S/C22H28N2O3/c1-26-20-11-7-10-19(16-20)22(25)23-12-5-6-13-24-14-15-27-21(17-24)18-8-3-2-4-9-18/h2-4,7-11,16,21H,5-6,12-15,17H2,1H3,(H,23,25). The summed E-state index contributed by atoms with van der Waals surface area (Å²) in [6.07, 6.45) is 2.18. The van der Waals surface area contributed by atoms with E-state index in [1.165, 1.54) is 5.56 Å². The molecule has 27 heavy (non-hydrogen) atoms. The van der Waals surface area contributed by atoms with Crippen LogP contribution in [0.5, 0.6) is 5.75 Å². The van der Waals surface area contributed by atoms with Gasteiger partial charge in [0.05, 0.1) is 19.8 Å². The summed E-state index contributed by atoms with van der Waals surface area (Å²) in [7, 11) is 1.60. The number of nitrogens with one attached hydrogen (secondary N) is 1. The van der Waals surface area contributed by atoms with E-state index in [2.05, 4.69) is 34.5 Å². The van der Waals surface area contributed by atoms with Crippen LogP contribution < -0.4 is 10.1 Å². The summed E-state index contributed by atoms with van der Waals surface area (Å²) in [4.78, 5) is 14.6. The molecule has 144 valence electrons. The Bertz CT molecular complexity index is 721. The maximum atomic E-state index is 12.2. The second kappa shape index (κ2) is 10.1. The topological polar surface area (TPSA) is 50.8 Å². The third kappa shape index (κ3) is 5.81. The summed E-state index contributed by atoms with van der Waals surface area (Å²) in [5.41, 5.74) is 1.88. The molecule has 0 radical (unpaired) electrons. The van der Waals surface area contributed by atoms with E-state index >= 15 is 0 Å². The predicted molar refractivity (Wildman–Crippen MR) is 106 cm³/mol. The predicted octanol–water partition coefficient (Wildman–Crippen LogP) is 3.28. The maximum absolute atomic E-state index is 12.2. The van der Waals surface area contributed by atoms with Crippen LogP contribution in [0, 0.1) is 0 Å². The molecule has 1 aliphatic rings. The molecule has 3 rings (SSSR count).